The second-order valence-corrected chi connectivity index (χ2v) is 2.21. The molecule has 0 N–H and O–H groups in total. The highest BCUT2D eigenvalue weighted by Gasteiger charge is 1.90. The number of hydrogen-bond donors (Lipinski definition) is 0. The Morgan fingerprint density at radius 1 is 1.50 bits per heavy atom. The molecule has 0 saturated carbocycles. The minimum Gasteiger partial charge on any atom is -0.279 e. The first-order valence-electron chi connectivity index (χ1n) is 2.51. The average molecular weight is 149 g/mol. The third-order valence-corrected chi connectivity index (χ3v) is 0.927. The lowest BCUT2D eigenvalue weighted by Crippen LogP contribution is -1.91. The van der Waals surface area contributed by atoms with Crippen molar-refractivity contribution < 1.29 is 4.29 Å². The van der Waals surface area contributed by atoms with Crippen LogP contribution < -0.4 is 0 Å². The first-order valence-corrected chi connectivity index (χ1v) is 2.81. The van der Waals surface area contributed by atoms with Crippen molar-refractivity contribution in [1.29, 1.82) is 0 Å². The molecule has 0 fully saturated rings. The van der Waals surface area contributed by atoms with E-state index in [1.54, 1.807) is 0 Å². The maximum atomic E-state index is 4.95. The van der Waals surface area contributed by atoms with Crippen LogP contribution in [0, 0.1) is 5.92 Å². The zero-order valence-corrected chi connectivity index (χ0v) is 5.53. The summed E-state index contributed by atoms with van der Waals surface area (Å²) >= 11 is 4.95. The third-order valence-electron chi connectivity index (χ3n) is 0.772. The molecular formula is C5H13ClMgO. The van der Waals surface area contributed by atoms with Crippen LogP contribution in [0.4, 0.5) is 0 Å². The quantitative estimate of drug-likeness (QED) is 0.549. The molecule has 0 radical (unpaired) electrons. The molecule has 0 amide bonds. The zero-order chi connectivity index (χ0) is 5.70. The molecule has 0 aliphatic heterocycles. The molecule has 0 aromatic rings. The summed E-state index contributed by atoms with van der Waals surface area (Å²) in [7, 11) is 0. The van der Waals surface area contributed by atoms with E-state index in [9.17, 15) is 0 Å². The van der Waals surface area contributed by atoms with Crippen molar-refractivity contribution in [2.75, 3.05) is 6.61 Å². The molecular weight excluding hydrogens is 136 g/mol. The Balaban J connectivity index is 0. The highest BCUT2D eigenvalue weighted by atomic mass is 35.5. The topological polar surface area (TPSA) is 9.23 Å². The molecule has 0 bridgehead atoms. The van der Waals surface area contributed by atoms with E-state index < -0.39 is 0 Å². The fraction of sp³-hybridized carbons (Fsp3) is 1.00. The zero-order valence-electron chi connectivity index (χ0n) is 4.78. The summed E-state index contributed by atoms with van der Waals surface area (Å²) in [5, 5.41) is 0. The molecule has 0 aliphatic rings. The normalized spacial score (nSPS) is 9.00. The van der Waals surface area contributed by atoms with Gasteiger partial charge in [0.15, 0.2) is 0 Å². The first-order chi connectivity index (χ1) is 3.27. The van der Waals surface area contributed by atoms with Gasteiger partial charge in [-0.2, -0.15) is 0 Å². The second kappa shape index (κ2) is 8.02. The molecule has 0 aromatic carbocycles. The minimum atomic E-state index is 0. The molecule has 0 heterocycles. The van der Waals surface area contributed by atoms with Crippen molar-refractivity contribution in [3.8, 4) is 0 Å². The molecule has 0 atom stereocenters. The van der Waals surface area contributed by atoms with Crippen LogP contribution in [0.1, 0.15) is 20.3 Å². The van der Waals surface area contributed by atoms with Gasteiger partial charge >= 0.3 is 23.1 Å². The number of halogens is 1. The van der Waals surface area contributed by atoms with Crippen molar-refractivity contribution in [3.63, 3.8) is 0 Å². The van der Waals surface area contributed by atoms with E-state index in [0.29, 0.717) is 12.5 Å². The van der Waals surface area contributed by atoms with Crippen LogP contribution in [0.5, 0.6) is 0 Å². The SMILES string of the molecule is CC(C)CCOCl.[MgH2]. The van der Waals surface area contributed by atoms with Gasteiger partial charge in [0.05, 0.1) is 18.5 Å². The summed E-state index contributed by atoms with van der Waals surface area (Å²) < 4.78 is 4.32. The largest absolute Gasteiger partial charge is 0.316 e. The van der Waals surface area contributed by atoms with Gasteiger partial charge in [-0.1, -0.05) is 13.8 Å². The molecule has 3 heteroatoms. The fourth-order valence-electron chi connectivity index (χ4n) is 0.280. The number of rotatable bonds is 3. The smallest absolute Gasteiger partial charge is 0.279 e. The van der Waals surface area contributed by atoms with Crippen LogP contribution in [0.15, 0.2) is 0 Å². The monoisotopic (exact) mass is 148 g/mol. The van der Waals surface area contributed by atoms with Gasteiger partial charge in [-0.25, -0.2) is 0 Å². The molecule has 0 spiro atoms. The maximum Gasteiger partial charge on any atom is 0.316 e. The van der Waals surface area contributed by atoms with E-state index in [4.69, 9.17) is 11.9 Å². The van der Waals surface area contributed by atoms with Gasteiger partial charge in [0, 0.05) is 0 Å². The molecule has 0 aliphatic carbocycles. The van der Waals surface area contributed by atoms with E-state index in [1.165, 1.54) is 0 Å². The van der Waals surface area contributed by atoms with Crippen LogP contribution >= 0.6 is 11.9 Å². The average Bonchev–Trinajstić information content (AvgIpc) is 1.61. The lowest BCUT2D eigenvalue weighted by Gasteiger charge is -1.98. The van der Waals surface area contributed by atoms with E-state index in [2.05, 4.69) is 18.1 Å². The van der Waals surface area contributed by atoms with Gasteiger partial charge in [0.25, 0.3) is 0 Å². The van der Waals surface area contributed by atoms with Gasteiger partial charge in [-0.15, -0.1) is 0 Å². The fourth-order valence-corrected chi connectivity index (χ4v) is 0.369. The van der Waals surface area contributed by atoms with Crippen molar-refractivity contribution >= 4 is 34.9 Å². The van der Waals surface area contributed by atoms with Crippen molar-refractivity contribution in [1.82, 2.24) is 0 Å². The molecule has 0 saturated heterocycles. The second-order valence-electron chi connectivity index (χ2n) is 2.00. The summed E-state index contributed by atoms with van der Waals surface area (Å²) in [6, 6.07) is 0. The predicted octanol–water partition coefficient (Wildman–Crippen LogP) is 1.29. The minimum absolute atomic E-state index is 0. The van der Waals surface area contributed by atoms with Crippen LogP contribution in [0.3, 0.4) is 0 Å². The number of hydrogen-bond acceptors (Lipinski definition) is 1. The Morgan fingerprint density at radius 3 is 2.12 bits per heavy atom. The van der Waals surface area contributed by atoms with Crippen LogP contribution in [-0.2, 0) is 4.29 Å². The van der Waals surface area contributed by atoms with Crippen molar-refractivity contribution in [2.45, 2.75) is 20.3 Å². The van der Waals surface area contributed by atoms with Crippen molar-refractivity contribution in [2.24, 2.45) is 5.92 Å². The lowest BCUT2D eigenvalue weighted by molar-refractivity contribution is 0.317. The summed E-state index contributed by atoms with van der Waals surface area (Å²) in [6.45, 7) is 4.94. The molecule has 0 aromatic heterocycles. The third kappa shape index (κ3) is 10.1. The Kier molecular flexibility index (Phi) is 11.8. The lowest BCUT2D eigenvalue weighted by atomic mass is 10.2. The van der Waals surface area contributed by atoms with Crippen LogP contribution in [0.2, 0.25) is 0 Å². The summed E-state index contributed by atoms with van der Waals surface area (Å²) in [5.41, 5.74) is 0. The molecule has 1 nitrogen and oxygen atoms in total. The summed E-state index contributed by atoms with van der Waals surface area (Å²) in [5.74, 6) is 0.693. The summed E-state index contributed by atoms with van der Waals surface area (Å²) in [4.78, 5) is 0. The van der Waals surface area contributed by atoms with Crippen molar-refractivity contribution in [3.05, 3.63) is 0 Å². The molecule has 48 valence electrons. The van der Waals surface area contributed by atoms with Gasteiger partial charge in [0.2, 0.25) is 0 Å². The first kappa shape index (κ1) is 11.8. The summed E-state index contributed by atoms with van der Waals surface area (Å²) in [6.07, 6.45) is 1.05. The van der Waals surface area contributed by atoms with E-state index in [0.717, 1.165) is 6.42 Å². The van der Waals surface area contributed by atoms with E-state index >= 15 is 0 Å². The Hall–Kier alpha value is 1.02. The molecule has 8 heavy (non-hydrogen) atoms. The van der Waals surface area contributed by atoms with Gasteiger partial charge < -0.3 is 0 Å². The van der Waals surface area contributed by atoms with Gasteiger partial charge in [0.1, 0.15) is 0 Å². The predicted molar refractivity (Wildman–Crippen MR) is 39.8 cm³/mol. The molecule has 0 rings (SSSR count). The van der Waals surface area contributed by atoms with E-state index in [1.807, 2.05) is 0 Å². The van der Waals surface area contributed by atoms with Gasteiger partial charge in [-0.05, 0) is 12.3 Å². The Bertz CT molecular complexity index is 41.4. The highest BCUT2D eigenvalue weighted by Crippen LogP contribution is 1.98. The highest BCUT2D eigenvalue weighted by molar-refractivity contribution is 6.07. The molecule has 0 unspecified atom stereocenters. The standard InChI is InChI=1S/C5H11ClO.Mg.2H/c1-5(2)3-4-7-6;;;/h5H,3-4H2,1-2H3;;;. The van der Waals surface area contributed by atoms with Gasteiger partial charge in [-0.3, -0.25) is 4.29 Å². The maximum absolute atomic E-state index is 4.95. The van der Waals surface area contributed by atoms with Crippen LogP contribution in [0.25, 0.3) is 0 Å². The Labute approximate surface area is 72.1 Å². The van der Waals surface area contributed by atoms with Crippen LogP contribution in [-0.4, -0.2) is 29.7 Å². The van der Waals surface area contributed by atoms with E-state index in [-0.39, 0.29) is 23.1 Å². The Morgan fingerprint density at radius 2 is 2.00 bits per heavy atom.